The van der Waals surface area contributed by atoms with Crippen LogP contribution in [0.25, 0.3) is 0 Å². The lowest BCUT2D eigenvalue weighted by molar-refractivity contribution is 0.100. The van der Waals surface area contributed by atoms with E-state index in [9.17, 15) is 4.79 Å². The predicted octanol–water partition coefficient (Wildman–Crippen LogP) is 2.43. The zero-order chi connectivity index (χ0) is 21.5. The van der Waals surface area contributed by atoms with Crippen molar-refractivity contribution in [3.05, 3.63) is 36.0 Å². The van der Waals surface area contributed by atoms with E-state index >= 15 is 0 Å². The molecule has 1 saturated carbocycles. The highest BCUT2D eigenvalue weighted by Gasteiger charge is 2.23. The van der Waals surface area contributed by atoms with Crippen molar-refractivity contribution >= 4 is 42.0 Å². The SMILES string of the molecule is C=NN(/N=C\C)c1cccc(Nc2nc(N[C@@H]3CCCC[C@H]3N)ncc2C(N)=O)c1. The average Bonchev–Trinajstić information content (AvgIpc) is 2.74. The van der Waals surface area contributed by atoms with Gasteiger partial charge in [0, 0.05) is 36.9 Å². The van der Waals surface area contributed by atoms with Crippen molar-refractivity contribution in [2.75, 3.05) is 15.8 Å². The smallest absolute Gasteiger partial charge is 0.254 e. The number of rotatable bonds is 8. The van der Waals surface area contributed by atoms with E-state index in [1.54, 1.807) is 19.2 Å². The molecule has 10 heteroatoms. The van der Waals surface area contributed by atoms with Crippen LogP contribution in [-0.4, -0.2) is 40.9 Å². The number of nitrogens with zero attached hydrogens (tertiary/aromatic N) is 5. The van der Waals surface area contributed by atoms with Crippen molar-refractivity contribution < 1.29 is 4.79 Å². The monoisotopic (exact) mass is 409 g/mol. The minimum absolute atomic E-state index is 0.0442. The van der Waals surface area contributed by atoms with Crippen LogP contribution in [0.5, 0.6) is 0 Å². The highest BCUT2D eigenvalue weighted by Crippen LogP contribution is 2.25. The zero-order valence-corrected chi connectivity index (χ0v) is 17.0. The molecule has 2 aromatic rings. The standard InChI is InChI=1S/C20H27N9O/c1-3-25-29(23-2)14-8-6-7-13(11-14)26-19-15(18(22)30)12-24-20(28-19)27-17-10-5-4-9-16(17)21/h3,6-8,11-12,16-17H,2,4-5,9-10,21H2,1H3,(H2,22,30)(H2,24,26,27,28)/b25-3-/t16-,17-/m1/s1. The Morgan fingerprint density at radius 2 is 2.17 bits per heavy atom. The largest absolute Gasteiger partial charge is 0.365 e. The maximum absolute atomic E-state index is 11.9. The van der Waals surface area contributed by atoms with E-state index in [4.69, 9.17) is 11.5 Å². The Bertz CT molecular complexity index is 930. The van der Waals surface area contributed by atoms with Crippen LogP contribution < -0.4 is 27.2 Å². The fourth-order valence-corrected chi connectivity index (χ4v) is 3.37. The molecule has 0 saturated heterocycles. The molecule has 158 valence electrons. The van der Waals surface area contributed by atoms with E-state index in [0.717, 1.165) is 25.7 Å². The molecule has 0 bridgehead atoms. The number of hydrogen-bond donors (Lipinski definition) is 4. The van der Waals surface area contributed by atoms with Crippen molar-refractivity contribution in [2.45, 2.75) is 44.7 Å². The quantitative estimate of drug-likeness (QED) is 0.387. The second-order valence-corrected chi connectivity index (χ2v) is 7.00. The summed E-state index contributed by atoms with van der Waals surface area (Å²) in [4.78, 5) is 20.6. The van der Waals surface area contributed by atoms with Gasteiger partial charge in [0.25, 0.3) is 5.91 Å². The molecule has 1 aromatic carbocycles. The van der Waals surface area contributed by atoms with E-state index < -0.39 is 5.91 Å². The summed E-state index contributed by atoms with van der Waals surface area (Å²) in [5.41, 5.74) is 13.3. The fraction of sp³-hybridized carbons (Fsp3) is 0.350. The molecular weight excluding hydrogens is 382 g/mol. The first-order chi connectivity index (χ1) is 14.5. The first-order valence-electron chi connectivity index (χ1n) is 9.83. The van der Waals surface area contributed by atoms with E-state index in [0.29, 0.717) is 23.1 Å². The van der Waals surface area contributed by atoms with Crippen molar-refractivity contribution in [3.8, 4) is 0 Å². The third-order valence-corrected chi connectivity index (χ3v) is 4.89. The number of anilines is 4. The first kappa shape index (κ1) is 21.2. The number of nitrogens with one attached hydrogen (secondary N) is 2. The first-order valence-corrected chi connectivity index (χ1v) is 9.83. The number of primary amides is 1. The summed E-state index contributed by atoms with van der Waals surface area (Å²) >= 11 is 0. The molecule has 10 nitrogen and oxygen atoms in total. The molecule has 0 spiro atoms. The molecule has 2 atom stereocenters. The number of amides is 1. The molecular formula is C20H27N9O. The van der Waals surface area contributed by atoms with Gasteiger partial charge in [0.1, 0.15) is 11.4 Å². The van der Waals surface area contributed by atoms with E-state index in [2.05, 4.69) is 37.5 Å². The van der Waals surface area contributed by atoms with Gasteiger partial charge >= 0.3 is 0 Å². The summed E-state index contributed by atoms with van der Waals surface area (Å²) in [5, 5.41) is 15.8. The highest BCUT2D eigenvalue weighted by molar-refractivity contribution is 5.98. The van der Waals surface area contributed by atoms with Crippen LogP contribution in [0.3, 0.4) is 0 Å². The lowest BCUT2D eigenvalue weighted by atomic mass is 9.91. The number of hydrogen-bond acceptors (Lipinski definition) is 9. The molecule has 1 fully saturated rings. The number of carbonyl (C=O) groups excluding carboxylic acids is 1. The number of carbonyl (C=O) groups is 1. The number of aromatic nitrogens is 2. The van der Waals surface area contributed by atoms with Gasteiger partial charge < -0.3 is 22.1 Å². The molecule has 1 aromatic heterocycles. The topological polar surface area (TPSA) is 147 Å². The zero-order valence-electron chi connectivity index (χ0n) is 17.0. The Labute approximate surface area is 175 Å². The molecule has 6 N–H and O–H groups in total. The summed E-state index contributed by atoms with van der Waals surface area (Å²) in [6, 6.07) is 7.43. The Balaban J connectivity index is 1.87. The molecule has 0 aliphatic heterocycles. The molecule has 1 aliphatic carbocycles. The van der Waals surface area contributed by atoms with Crippen LogP contribution in [0.1, 0.15) is 43.0 Å². The minimum Gasteiger partial charge on any atom is -0.365 e. The van der Waals surface area contributed by atoms with Gasteiger partial charge in [-0.3, -0.25) is 4.79 Å². The summed E-state index contributed by atoms with van der Waals surface area (Å²) < 4.78 is 0. The fourth-order valence-electron chi connectivity index (χ4n) is 3.37. The third-order valence-electron chi connectivity index (χ3n) is 4.89. The van der Waals surface area contributed by atoms with E-state index in [1.165, 1.54) is 11.3 Å². The maximum atomic E-state index is 11.9. The van der Waals surface area contributed by atoms with E-state index in [-0.39, 0.29) is 17.6 Å². The van der Waals surface area contributed by atoms with Crippen molar-refractivity contribution in [2.24, 2.45) is 21.7 Å². The van der Waals surface area contributed by atoms with Crippen LogP contribution in [0, 0.1) is 0 Å². The second-order valence-electron chi connectivity index (χ2n) is 7.00. The summed E-state index contributed by atoms with van der Waals surface area (Å²) in [6.07, 6.45) is 7.17. The Hall–Kier alpha value is -3.53. The van der Waals surface area contributed by atoms with Crippen LogP contribution in [0.2, 0.25) is 0 Å². The number of benzene rings is 1. The van der Waals surface area contributed by atoms with Gasteiger partial charge in [0.05, 0.1) is 5.69 Å². The van der Waals surface area contributed by atoms with Crippen molar-refractivity contribution in [1.29, 1.82) is 0 Å². The maximum Gasteiger partial charge on any atom is 0.254 e. The summed E-state index contributed by atoms with van der Waals surface area (Å²) in [7, 11) is 0. The van der Waals surface area contributed by atoms with Gasteiger partial charge in [-0.15, -0.1) is 0 Å². The molecule has 30 heavy (non-hydrogen) atoms. The van der Waals surface area contributed by atoms with Crippen molar-refractivity contribution in [1.82, 2.24) is 9.97 Å². The predicted molar refractivity (Wildman–Crippen MR) is 120 cm³/mol. The third kappa shape index (κ3) is 5.09. The van der Waals surface area contributed by atoms with Crippen LogP contribution in [-0.2, 0) is 0 Å². The Morgan fingerprint density at radius 1 is 1.37 bits per heavy atom. The molecule has 1 heterocycles. The van der Waals surface area contributed by atoms with Crippen LogP contribution >= 0.6 is 0 Å². The van der Waals surface area contributed by atoms with Gasteiger partial charge in [0.15, 0.2) is 0 Å². The van der Waals surface area contributed by atoms with Gasteiger partial charge in [-0.1, -0.05) is 18.9 Å². The molecule has 1 amide bonds. The number of hydrazone groups is 2. The molecule has 0 radical (unpaired) electrons. The number of nitrogens with two attached hydrogens (primary N) is 2. The molecule has 1 aliphatic rings. The lowest BCUT2D eigenvalue weighted by Crippen LogP contribution is -2.43. The molecule has 3 rings (SSSR count). The average molecular weight is 409 g/mol. The van der Waals surface area contributed by atoms with Crippen LogP contribution in [0.4, 0.5) is 23.1 Å². The van der Waals surface area contributed by atoms with Crippen LogP contribution in [0.15, 0.2) is 40.7 Å². The van der Waals surface area contributed by atoms with E-state index in [1.807, 2.05) is 18.2 Å². The Kier molecular flexibility index (Phi) is 6.91. The van der Waals surface area contributed by atoms with Gasteiger partial charge in [-0.25, -0.2) is 4.98 Å². The van der Waals surface area contributed by atoms with Gasteiger partial charge in [-0.2, -0.15) is 20.3 Å². The summed E-state index contributed by atoms with van der Waals surface area (Å²) in [5.74, 6) is 0.0733. The normalized spacial score (nSPS) is 18.7. The minimum atomic E-state index is -0.625. The Morgan fingerprint density at radius 3 is 2.87 bits per heavy atom. The second kappa shape index (κ2) is 9.79. The summed E-state index contributed by atoms with van der Waals surface area (Å²) in [6.45, 7) is 5.31. The lowest BCUT2D eigenvalue weighted by Gasteiger charge is -2.29. The van der Waals surface area contributed by atoms with Gasteiger partial charge in [0.2, 0.25) is 5.95 Å². The van der Waals surface area contributed by atoms with Gasteiger partial charge in [-0.05, 0) is 38.0 Å². The molecule has 0 unspecified atom stereocenters. The highest BCUT2D eigenvalue weighted by atomic mass is 16.1. The van der Waals surface area contributed by atoms with Crippen molar-refractivity contribution in [3.63, 3.8) is 0 Å².